The second-order valence-corrected chi connectivity index (χ2v) is 6.54. The van der Waals surface area contributed by atoms with Gasteiger partial charge < -0.3 is 0 Å². The van der Waals surface area contributed by atoms with Gasteiger partial charge in [0.2, 0.25) is 0 Å². The number of aliphatic imine (C=N–C) groups is 1. The molecule has 1 fully saturated rings. The molecule has 0 spiro atoms. The van der Waals surface area contributed by atoms with Crippen molar-refractivity contribution in [2.24, 2.45) is 10.9 Å². The molecule has 2 aliphatic rings. The van der Waals surface area contributed by atoms with Crippen LogP contribution in [-0.4, -0.2) is 22.0 Å². The molecule has 3 nitrogen and oxygen atoms in total. The van der Waals surface area contributed by atoms with E-state index in [1.165, 1.54) is 49.1 Å². The van der Waals surface area contributed by atoms with E-state index in [0.717, 1.165) is 31.1 Å². The fourth-order valence-electron chi connectivity index (χ4n) is 3.76. The Hall–Kier alpha value is -1.90. The summed E-state index contributed by atoms with van der Waals surface area (Å²) in [6.45, 7) is 1.79. The summed E-state index contributed by atoms with van der Waals surface area (Å²) in [5, 5.41) is 4.80. The van der Waals surface area contributed by atoms with Gasteiger partial charge in [-0.05, 0) is 18.4 Å². The molecule has 4 rings (SSSR count). The third-order valence-electron chi connectivity index (χ3n) is 4.97. The van der Waals surface area contributed by atoms with Crippen molar-refractivity contribution in [2.45, 2.75) is 45.1 Å². The number of hydrogen-bond acceptors (Lipinski definition) is 2. The lowest BCUT2D eigenvalue weighted by Crippen LogP contribution is -2.22. The molecule has 0 bridgehead atoms. The van der Waals surface area contributed by atoms with E-state index in [1.54, 1.807) is 0 Å². The number of hydrogen-bond donors (Lipinski definition) is 0. The molecule has 1 aromatic carbocycles. The molecule has 22 heavy (non-hydrogen) atoms. The summed E-state index contributed by atoms with van der Waals surface area (Å²) in [6.07, 6.45) is 8.09. The molecule has 0 radical (unpaired) electrons. The Morgan fingerprint density at radius 3 is 2.68 bits per heavy atom. The summed E-state index contributed by atoms with van der Waals surface area (Å²) in [6, 6.07) is 12.7. The second-order valence-electron chi connectivity index (χ2n) is 6.54. The minimum atomic E-state index is 0.828. The SMILES string of the molecule is c1ccc(-c2cc3n(n2)CCN=C3CC2CCCCC2)cc1. The van der Waals surface area contributed by atoms with Crippen molar-refractivity contribution in [2.75, 3.05) is 6.54 Å². The first-order chi connectivity index (χ1) is 10.9. The minimum absolute atomic E-state index is 0.828. The number of rotatable bonds is 3. The molecular weight excluding hydrogens is 270 g/mol. The van der Waals surface area contributed by atoms with Crippen LogP contribution in [0.25, 0.3) is 11.3 Å². The summed E-state index contributed by atoms with van der Waals surface area (Å²) >= 11 is 0. The highest BCUT2D eigenvalue weighted by atomic mass is 15.3. The maximum absolute atomic E-state index is 4.83. The van der Waals surface area contributed by atoms with E-state index in [2.05, 4.69) is 41.1 Å². The molecule has 1 aliphatic carbocycles. The first-order valence-electron chi connectivity index (χ1n) is 8.57. The summed E-state index contributed by atoms with van der Waals surface area (Å²) in [4.78, 5) is 4.83. The number of benzene rings is 1. The van der Waals surface area contributed by atoms with Crippen molar-refractivity contribution in [3.8, 4) is 11.3 Å². The summed E-state index contributed by atoms with van der Waals surface area (Å²) in [5.74, 6) is 0.828. The number of nitrogens with zero attached hydrogens (tertiary/aromatic N) is 3. The van der Waals surface area contributed by atoms with Gasteiger partial charge in [-0.2, -0.15) is 5.10 Å². The Kier molecular flexibility index (Phi) is 3.79. The summed E-state index contributed by atoms with van der Waals surface area (Å²) < 4.78 is 2.16. The zero-order valence-corrected chi connectivity index (χ0v) is 13.0. The fraction of sp³-hybridized carbons (Fsp3) is 0.474. The zero-order valence-electron chi connectivity index (χ0n) is 13.0. The van der Waals surface area contributed by atoms with Gasteiger partial charge in [-0.1, -0.05) is 62.4 Å². The lowest BCUT2D eigenvalue weighted by molar-refractivity contribution is 0.367. The van der Waals surface area contributed by atoms with Gasteiger partial charge in [-0.3, -0.25) is 9.67 Å². The second kappa shape index (κ2) is 6.07. The van der Waals surface area contributed by atoms with E-state index >= 15 is 0 Å². The fourth-order valence-corrected chi connectivity index (χ4v) is 3.76. The molecule has 1 aromatic heterocycles. The first kappa shape index (κ1) is 13.7. The monoisotopic (exact) mass is 293 g/mol. The minimum Gasteiger partial charge on any atom is -0.286 e. The predicted molar refractivity (Wildman–Crippen MR) is 90.3 cm³/mol. The van der Waals surface area contributed by atoms with E-state index in [9.17, 15) is 0 Å². The molecule has 3 heteroatoms. The quantitative estimate of drug-likeness (QED) is 0.828. The van der Waals surface area contributed by atoms with Gasteiger partial charge in [0.05, 0.1) is 30.2 Å². The molecule has 0 unspecified atom stereocenters. The highest BCUT2D eigenvalue weighted by Crippen LogP contribution is 2.29. The van der Waals surface area contributed by atoms with Crippen LogP contribution in [-0.2, 0) is 6.54 Å². The Labute approximate surface area is 132 Å². The van der Waals surface area contributed by atoms with Crippen LogP contribution in [0.1, 0.15) is 44.2 Å². The van der Waals surface area contributed by atoms with Crippen molar-refractivity contribution >= 4 is 5.71 Å². The number of fused-ring (bicyclic) bond motifs is 1. The van der Waals surface area contributed by atoms with Gasteiger partial charge in [0.25, 0.3) is 0 Å². The summed E-state index contributed by atoms with van der Waals surface area (Å²) in [5.41, 5.74) is 4.80. The van der Waals surface area contributed by atoms with Crippen molar-refractivity contribution in [1.82, 2.24) is 9.78 Å². The van der Waals surface area contributed by atoms with Gasteiger partial charge in [-0.15, -0.1) is 0 Å². The highest BCUT2D eigenvalue weighted by Gasteiger charge is 2.22. The summed E-state index contributed by atoms with van der Waals surface area (Å²) in [7, 11) is 0. The topological polar surface area (TPSA) is 30.2 Å². The van der Waals surface area contributed by atoms with Crippen molar-refractivity contribution in [3.63, 3.8) is 0 Å². The molecule has 2 heterocycles. The molecule has 0 amide bonds. The van der Waals surface area contributed by atoms with Gasteiger partial charge in [-0.25, -0.2) is 0 Å². The third-order valence-corrected chi connectivity index (χ3v) is 4.97. The Bertz CT molecular complexity index is 663. The van der Waals surface area contributed by atoms with E-state index in [4.69, 9.17) is 10.1 Å². The van der Waals surface area contributed by atoms with E-state index in [1.807, 2.05) is 0 Å². The largest absolute Gasteiger partial charge is 0.286 e. The van der Waals surface area contributed by atoms with Gasteiger partial charge in [0.1, 0.15) is 0 Å². The highest BCUT2D eigenvalue weighted by molar-refractivity contribution is 6.00. The zero-order chi connectivity index (χ0) is 14.8. The molecule has 2 aromatic rings. The number of aromatic nitrogens is 2. The van der Waals surface area contributed by atoms with Gasteiger partial charge in [0, 0.05) is 5.56 Å². The average molecular weight is 293 g/mol. The van der Waals surface area contributed by atoms with Gasteiger partial charge >= 0.3 is 0 Å². The molecule has 1 saturated carbocycles. The van der Waals surface area contributed by atoms with E-state index < -0.39 is 0 Å². The maximum Gasteiger partial charge on any atom is 0.0930 e. The van der Waals surface area contributed by atoms with Crippen LogP contribution in [0, 0.1) is 5.92 Å². The van der Waals surface area contributed by atoms with Crippen molar-refractivity contribution in [3.05, 3.63) is 42.1 Å². The molecule has 1 aliphatic heterocycles. The molecule has 114 valence electrons. The van der Waals surface area contributed by atoms with Crippen LogP contribution in [0.15, 0.2) is 41.4 Å². The van der Waals surface area contributed by atoms with Crippen molar-refractivity contribution < 1.29 is 0 Å². The van der Waals surface area contributed by atoms with Crippen LogP contribution in [0.2, 0.25) is 0 Å². The van der Waals surface area contributed by atoms with Gasteiger partial charge in [0.15, 0.2) is 0 Å². The van der Waals surface area contributed by atoms with E-state index in [-0.39, 0.29) is 0 Å². The predicted octanol–water partition coefficient (Wildman–Crippen LogP) is 4.32. The molecule has 0 atom stereocenters. The first-order valence-corrected chi connectivity index (χ1v) is 8.57. The van der Waals surface area contributed by atoms with Crippen molar-refractivity contribution in [1.29, 1.82) is 0 Å². The van der Waals surface area contributed by atoms with Crippen LogP contribution in [0.3, 0.4) is 0 Å². The normalized spacial score (nSPS) is 18.8. The van der Waals surface area contributed by atoms with Crippen LogP contribution in [0.5, 0.6) is 0 Å². The Morgan fingerprint density at radius 2 is 1.86 bits per heavy atom. The van der Waals surface area contributed by atoms with Crippen LogP contribution in [0.4, 0.5) is 0 Å². The molecule has 0 N–H and O–H groups in total. The van der Waals surface area contributed by atoms with Crippen LogP contribution < -0.4 is 0 Å². The lowest BCUT2D eigenvalue weighted by atomic mass is 9.85. The standard InChI is InChI=1S/C19H23N3/c1-3-7-15(8-4-1)13-18-19-14-17(16-9-5-2-6-10-16)21-22(19)12-11-20-18/h2,5-6,9-10,14-15H,1,3-4,7-8,11-13H2. The third kappa shape index (κ3) is 2.72. The lowest BCUT2D eigenvalue weighted by Gasteiger charge is -2.23. The Morgan fingerprint density at radius 1 is 1.05 bits per heavy atom. The molecular formula is C19H23N3. The smallest absolute Gasteiger partial charge is 0.0930 e. The maximum atomic E-state index is 4.83. The van der Waals surface area contributed by atoms with E-state index in [0.29, 0.717) is 0 Å². The van der Waals surface area contributed by atoms with Crippen LogP contribution >= 0.6 is 0 Å². The Balaban J connectivity index is 1.59. The average Bonchev–Trinajstić information content (AvgIpc) is 3.02. The molecule has 0 saturated heterocycles.